The van der Waals surface area contributed by atoms with E-state index in [0.29, 0.717) is 24.3 Å². The summed E-state index contributed by atoms with van der Waals surface area (Å²) >= 11 is 0. The first-order valence-electron chi connectivity index (χ1n) is 8.63. The van der Waals surface area contributed by atoms with Crippen molar-refractivity contribution < 1.29 is 14.4 Å². The molecular formula is C20H24N4O3. The molecule has 2 rings (SSSR count). The van der Waals surface area contributed by atoms with E-state index in [9.17, 15) is 14.4 Å². The van der Waals surface area contributed by atoms with Gasteiger partial charge in [-0.05, 0) is 49.7 Å². The van der Waals surface area contributed by atoms with Gasteiger partial charge >= 0.3 is 6.03 Å². The molecule has 0 aliphatic heterocycles. The number of urea groups is 1. The molecule has 0 aliphatic rings. The largest absolute Gasteiger partial charge is 0.355 e. The summed E-state index contributed by atoms with van der Waals surface area (Å²) in [6.07, 6.45) is 0. The van der Waals surface area contributed by atoms with Gasteiger partial charge in [0.15, 0.2) is 0 Å². The lowest BCUT2D eigenvalue weighted by molar-refractivity contribution is -0.118. The lowest BCUT2D eigenvalue weighted by Gasteiger charge is -2.11. The molecular weight excluding hydrogens is 344 g/mol. The van der Waals surface area contributed by atoms with Gasteiger partial charge in [-0.2, -0.15) is 0 Å². The first-order valence-corrected chi connectivity index (χ1v) is 8.63. The van der Waals surface area contributed by atoms with Crippen LogP contribution in [0.25, 0.3) is 0 Å². The van der Waals surface area contributed by atoms with Crippen molar-refractivity contribution in [2.75, 3.05) is 23.7 Å². The Kier molecular flexibility index (Phi) is 6.93. The molecule has 0 radical (unpaired) electrons. The van der Waals surface area contributed by atoms with E-state index in [2.05, 4.69) is 21.3 Å². The second-order valence-electron chi connectivity index (χ2n) is 6.21. The number of rotatable bonds is 6. The summed E-state index contributed by atoms with van der Waals surface area (Å²) in [6, 6.07) is 12.0. The molecule has 0 unspecified atom stereocenters. The third kappa shape index (κ3) is 6.47. The van der Waals surface area contributed by atoms with Gasteiger partial charge in [0.05, 0.1) is 0 Å². The molecule has 2 aromatic rings. The predicted octanol–water partition coefficient (Wildman–Crippen LogP) is 2.81. The fraction of sp³-hybridized carbons (Fsp3) is 0.250. The van der Waals surface area contributed by atoms with Crippen molar-refractivity contribution in [3.63, 3.8) is 0 Å². The highest BCUT2D eigenvalue weighted by Gasteiger charge is 2.08. The van der Waals surface area contributed by atoms with E-state index in [1.54, 1.807) is 24.3 Å². The molecule has 0 spiro atoms. The first kappa shape index (κ1) is 20.0. The Hall–Kier alpha value is -3.35. The molecule has 7 nitrogen and oxygen atoms in total. The second kappa shape index (κ2) is 9.38. The van der Waals surface area contributed by atoms with Gasteiger partial charge in [-0.1, -0.05) is 17.7 Å². The fourth-order valence-electron chi connectivity index (χ4n) is 2.46. The molecule has 0 heterocycles. The summed E-state index contributed by atoms with van der Waals surface area (Å²) in [7, 11) is 0. The topological polar surface area (TPSA) is 99.3 Å². The number of nitrogens with one attached hydrogen (secondary N) is 4. The van der Waals surface area contributed by atoms with Crippen LogP contribution in [0.4, 0.5) is 16.2 Å². The Morgan fingerprint density at radius 1 is 0.852 bits per heavy atom. The van der Waals surface area contributed by atoms with Gasteiger partial charge < -0.3 is 21.3 Å². The molecule has 0 atom stereocenters. The number of aryl methyl sites for hydroxylation is 2. The van der Waals surface area contributed by atoms with Crippen LogP contribution in [0.2, 0.25) is 0 Å². The Bertz CT molecular complexity index is 832. The van der Waals surface area contributed by atoms with Crippen LogP contribution in [0.1, 0.15) is 28.4 Å². The number of benzene rings is 2. The van der Waals surface area contributed by atoms with Crippen molar-refractivity contribution in [2.45, 2.75) is 20.8 Å². The average molecular weight is 368 g/mol. The Morgan fingerprint density at radius 3 is 2.15 bits per heavy atom. The zero-order chi connectivity index (χ0) is 19.8. The van der Waals surface area contributed by atoms with Gasteiger partial charge in [0.25, 0.3) is 5.91 Å². The fourth-order valence-corrected chi connectivity index (χ4v) is 2.46. The molecule has 4 amide bonds. The van der Waals surface area contributed by atoms with Crippen molar-refractivity contribution in [1.82, 2.24) is 10.6 Å². The van der Waals surface area contributed by atoms with Gasteiger partial charge in [-0.3, -0.25) is 9.59 Å². The summed E-state index contributed by atoms with van der Waals surface area (Å²) in [6.45, 7) is 6.07. The van der Waals surface area contributed by atoms with Gasteiger partial charge in [0, 0.05) is 37.0 Å². The van der Waals surface area contributed by atoms with Crippen LogP contribution in [-0.2, 0) is 4.79 Å². The van der Waals surface area contributed by atoms with Crippen LogP contribution in [0.5, 0.6) is 0 Å². The molecule has 142 valence electrons. The minimum atomic E-state index is -0.352. The van der Waals surface area contributed by atoms with E-state index >= 15 is 0 Å². The molecule has 0 fully saturated rings. The second-order valence-corrected chi connectivity index (χ2v) is 6.21. The van der Waals surface area contributed by atoms with Crippen molar-refractivity contribution in [1.29, 1.82) is 0 Å². The molecule has 0 saturated carbocycles. The number of hydrogen-bond acceptors (Lipinski definition) is 3. The Balaban J connectivity index is 1.86. The Morgan fingerprint density at radius 2 is 1.52 bits per heavy atom. The average Bonchev–Trinajstić information content (AvgIpc) is 2.61. The summed E-state index contributed by atoms with van der Waals surface area (Å²) in [5, 5.41) is 10.8. The van der Waals surface area contributed by atoms with E-state index in [1.807, 2.05) is 32.0 Å². The maximum Gasteiger partial charge on any atom is 0.323 e. The summed E-state index contributed by atoms with van der Waals surface area (Å²) in [4.78, 5) is 34.9. The van der Waals surface area contributed by atoms with Crippen LogP contribution in [0.15, 0.2) is 42.5 Å². The number of hydrogen-bond donors (Lipinski definition) is 4. The molecule has 0 bridgehead atoms. The van der Waals surface area contributed by atoms with Crippen LogP contribution < -0.4 is 21.3 Å². The standard InChI is InChI=1S/C20H24N4O3/c1-13-4-9-18(14(2)12-13)24-20(27)23-17-7-5-16(6-8-17)19(26)22-11-10-21-15(3)25/h4-9,12H,10-11H2,1-3H3,(H,21,25)(H,22,26)(H2,23,24,27). The van der Waals surface area contributed by atoms with E-state index in [-0.39, 0.29) is 17.8 Å². The molecule has 4 N–H and O–H groups in total. The van der Waals surface area contributed by atoms with Crippen LogP contribution in [0, 0.1) is 13.8 Å². The normalized spacial score (nSPS) is 10.0. The quantitative estimate of drug-likeness (QED) is 0.590. The molecule has 2 aromatic carbocycles. The third-order valence-electron chi connectivity index (χ3n) is 3.82. The van der Waals surface area contributed by atoms with Gasteiger partial charge in [0.1, 0.15) is 0 Å². The predicted molar refractivity (Wildman–Crippen MR) is 106 cm³/mol. The number of amides is 4. The minimum absolute atomic E-state index is 0.140. The lowest BCUT2D eigenvalue weighted by atomic mass is 10.1. The van der Waals surface area contributed by atoms with E-state index < -0.39 is 0 Å². The highest BCUT2D eigenvalue weighted by molar-refractivity contribution is 6.01. The third-order valence-corrected chi connectivity index (χ3v) is 3.82. The van der Waals surface area contributed by atoms with Gasteiger partial charge in [-0.15, -0.1) is 0 Å². The maximum absolute atomic E-state index is 12.1. The smallest absolute Gasteiger partial charge is 0.323 e. The first-order chi connectivity index (χ1) is 12.8. The summed E-state index contributed by atoms with van der Waals surface area (Å²) in [5.41, 5.74) is 3.90. The minimum Gasteiger partial charge on any atom is -0.355 e. The lowest BCUT2D eigenvalue weighted by Crippen LogP contribution is -2.33. The van der Waals surface area contributed by atoms with Crippen LogP contribution in [-0.4, -0.2) is 30.9 Å². The SMILES string of the molecule is CC(=O)NCCNC(=O)c1ccc(NC(=O)Nc2ccc(C)cc2C)cc1. The zero-order valence-corrected chi connectivity index (χ0v) is 15.7. The molecule has 0 aliphatic carbocycles. The van der Waals surface area contributed by atoms with Crippen molar-refractivity contribution in [2.24, 2.45) is 0 Å². The van der Waals surface area contributed by atoms with Crippen molar-refractivity contribution in [3.8, 4) is 0 Å². The molecule has 0 aromatic heterocycles. The summed E-state index contributed by atoms with van der Waals surface area (Å²) in [5.74, 6) is -0.384. The van der Waals surface area contributed by atoms with Gasteiger partial charge in [0.2, 0.25) is 5.91 Å². The van der Waals surface area contributed by atoms with Crippen LogP contribution in [0.3, 0.4) is 0 Å². The van der Waals surface area contributed by atoms with Crippen molar-refractivity contribution >= 4 is 29.2 Å². The van der Waals surface area contributed by atoms with Gasteiger partial charge in [-0.25, -0.2) is 4.79 Å². The number of carbonyl (C=O) groups excluding carboxylic acids is 3. The monoisotopic (exact) mass is 368 g/mol. The highest BCUT2D eigenvalue weighted by Crippen LogP contribution is 2.17. The Labute approximate surface area is 158 Å². The maximum atomic E-state index is 12.1. The molecule has 27 heavy (non-hydrogen) atoms. The van der Waals surface area contributed by atoms with Crippen LogP contribution >= 0.6 is 0 Å². The number of anilines is 2. The zero-order valence-electron chi connectivity index (χ0n) is 15.7. The molecule has 7 heteroatoms. The van der Waals surface area contributed by atoms with E-state index in [4.69, 9.17) is 0 Å². The van der Waals surface area contributed by atoms with Crippen molar-refractivity contribution in [3.05, 3.63) is 59.2 Å². The van der Waals surface area contributed by atoms with E-state index in [1.165, 1.54) is 6.92 Å². The van der Waals surface area contributed by atoms with E-state index in [0.717, 1.165) is 16.8 Å². The summed E-state index contributed by atoms with van der Waals surface area (Å²) < 4.78 is 0. The number of carbonyl (C=O) groups is 3. The molecule has 0 saturated heterocycles. The highest BCUT2D eigenvalue weighted by atomic mass is 16.2.